The fraction of sp³-hybridized carbons (Fsp3) is 0.769. The first-order valence-electron chi connectivity index (χ1n) is 6.55. The summed E-state index contributed by atoms with van der Waals surface area (Å²) in [5.74, 6) is 0. The summed E-state index contributed by atoms with van der Waals surface area (Å²) in [6, 6.07) is 0.823. The van der Waals surface area contributed by atoms with Crippen molar-refractivity contribution in [1.82, 2.24) is 14.7 Å². The van der Waals surface area contributed by atoms with Crippen molar-refractivity contribution in [3.05, 3.63) is 15.9 Å². The molecule has 1 aromatic rings. The van der Waals surface area contributed by atoms with Crippen LogP contribution < -0.4 is 0 Å². The summed E-state index contributed by atoms with van der Waals surface area (Å²) in [7, 11) is 2.04. The monoisotopic (exact) mass is 299 g/mol. The maximum absolute atomic E-state index is 4.47. The Labute approximate surface area is 112 Å². The van der Waals surface area contributed by atoms with Gasteiger partial charge in [0.1, 0.15) is 0 Å². The Bertz CT molecular complexity index is 382. The highest BCUT2D eigenvalue weighted by atomic mass is 79.9. The Hall–Kier alpha value is -0.350. The van der Waals surface area contributed by atoms with Gasteiger partial charge in [0, 0.05) is 19.6 Å². The number of nitrogens with zero attached hydrogens (tertiary/aromatic N) is 3. The minimum atomic E-state index is 0.823. The van der Waals surface area contributed by atoms with Crippen molar-refractivity contribution in [3.63, 3.8) is 0 Å². The van der Waals surface area contributed by atoms with E-state index in [0.717, 1.165) is 18.3 Å². The molecule has 4 heteroatoms. The van der Waals surface area contributed by atoms with Crippen LogP contribution >= 0.6 is 15.9 Å². The molecule has 1 aliphatic rings. The Morgan fingerprint density at radius 3 is 2.65 bits per heavy atom. The van der Waals surface area contributed by atoms with Crippen LogP contribution in [0.4, 0.5) is 0 Å². The summed E-state index contributed by atoms with van der Waals surface area (Å²) < 4.78 is 3.20. The van der Waals surface area contributed by atoms with Crippen LogP contribution in [-0.4, -0.2) is 27.3 Å². The van der Waals surface area contributed by atoms with E-state index in [0.29, 0.717) is 0 Å². The Morgan fingerprint density at radius 1 is 1.47 bits per heavy atom. The SMILES string of the molecule is CCCCN(Cc1c(Br)c(C)nn1C)C1CC1. The molecule has 0 aliphatic heterocycles. The molecule has 0 spiro atoms. The van der Waals surface area contributed by atoms with E-state index in [1.807, 2.05) is 11.7 Å². The highest BCUT2D eigenvalue weighted by molar-refractivity contribution is 9.10. The smallest absolute Gasteiger partial charge is 0.0739 e. The Balaban J connectivity index is 2.05. The largest absolute Gasteiger partial charge is 0.295 e. The number of hydrogen-bond acceptors (Lipinski definition) is 2. The molecule has 1 saturated carbocycles. The number of hydrogen-bond donors (Lipinski definition) is 0. The van der Waals surface area contributed by atoms with Crippen molar-refractivity contribution in [3.8, 4) is 0 Å². The van der Waals surface area contributed by atoms with Gasteiger partial charge < -0.3 is 0 Å². The zero-order chi connectivity index (χ0) is 12.4. The minimum Gasteiger partial charge on any atom is -0.295 e. The molecule has 17 heavy (non-hydrogen) atoms. The molecule has 96 valence electrons. The van der Waals surface area contributed by atoms with Gasteiger partial charge in [-0.05, 0) is 48.7 Å². The quantitative estimate of drug-likeness (QED) is 0.804. The molecule has 0 atom stereocenters. The average Bonchev–Trinajstić information content (AvgIpc) is 3.09. The van der Waals surface area contributed by atoms with Crippen LogP contribution in [0.1, 0.15) is 44.0 Å². The predicted molar refractivity (Wildman–Crippen MR) is 74.0 cm³/mol. The summed E-state index contributed by atoms with van der Waals surface area (Å²) >= 11 is 3.66. The highest BCUT2D eigenvalue weighted by Crippen LogP contribution is 2.30. The molecule has 0 N–H and O–H groups in total. The van der Waals surface area contributed by atoms with Crippen LogP contribution in [-0.2, 0) is 13.6 Å². The fourth-order valence-electron chi connectivity index (χ4n) is 2.24. The molecule has 1 aliphatic carbocycles. The predicted octanol–water partition coefficient (Wildman–Crippen LogP) is 3.26. The van der Waals surface area contributed by atoms with Crippen molar-refractivity contribution in [1.29, 1.82) is 0 Å². The van der Waals surface area contributed by atoms with E-state index in [1.165, 1.54) is 42.4 Å². The van der Waals surface area contributed by atoms with Gasteiger partial charge in [-0.3, -0.25) is 9.58 Å². The first kappa shape index (κ1) is 13.1. The van der Waals surface area contributed by atoms with Crippen LogP contribution in [0.2, 0.25) is 0 Å². The van der Waals surface area contributed by atoms with Gasteiger partial charge in [0.2, 0.25) is 0 Å². The lowest BCUT2D eigenvalue weighted by molar-refractivity contribution is 0.244. The first-order valence-corrected chi connectivity index (χ1v) is 7.34. The summed E-state index contributed by atoms with van der Waals surface area (Å²) in [4.78, 5) is 2.62. The fourth-order valence-corrected chi connectivity index (χ4v) is 2.70. The van der Waals surface area contributed by atoms with E-state index in [1.54, 1.807) is 0 Å². The summed E-state index contributed by atoms with van der Waals surface area (Å²) in [5, 5.41) is 4.47. The van der Waals surface area contributed by atoms with Gasteiger partial charge >= 0.3 is 0 Å². The molecule has 0 saturated heterocycles. The normalized spacial score (nSPS) is 15.8. The zero-order valence-electron chi connectivity index (χ0n) is 11.0. The molecule has 0 amide bonds. The standard InChI is InChI=1S/C13H22BrN3/c1-4-5-8-17(11-6-7-11)9-12-13(14)10(2)15-16(12)3/h11H,4-9H2,1-3H3. The zero-order valence-corrected chi connectivity index (χ0v) is 12.6. The van der Waals surface area contributed by atoms with Gasteiger partial charge in [0.05, 0.1) is 15.9 Å². The van der Waals surface area contributed by atoms with Crippen LogP contribution in [0.15, 0.2) is 4.47 Å². The molecule has 0 aromatic carbocycles. The summed E-state index contributed by atoms with van der Waals surface area (Å²) in [6.45, 7) is 6.57. The topological polar surface area (TPSA) is 21.1 Å². The molecule has 0 bridgehead atoms. The molecule has 1 heterocycles. The molecule has 0 unspecified atom stereocenters. The van der Waals surface area contributed by atoms with Gasteiger partial charge in [0.25, 0.3) is 0 Å². The van der Waals surface area contributed by atoms with Crippen LogP contribution in [0.5, 0.6) is 0 Å². The van der Waals surface area contributed by atoms with Gasteiger partial charge in [-0.1, -0.05) is 13.3 Å². The van der Waals surface area contributed by atoms with E-state index in [9.17, 15) is 0 Å². The lowest BCUT2D eigenvalue weighted by Crippen LogP contribution is -2.27. The number of aryl methyl sites for hydroxylation is 2. The molecular formula is C13H22BrN3. The highest BCUT2D eigenvalue weighted by Gasteiger charge is 2.29. The molecule has 1 aromatic heterocycles. The molecule has 1 fully saturated rings. The summed E-state index contributed by atoms with van der Waals surface area (Å²) in [5.41, 5.74) is 2.40. The Morgan fingerprint density at radius 2 is 2.18 bits per heavy atom. The summed E-state index contributed by atoms with van der Waals surface area (Å²) in [6.07, 6.45) is 5.32. The molecular weight excluding hydrogens is 278 g/mol. The molecule has 2 rings (SSSR count). The number of rotatable bonds is 6. The van der Waals surface area contributed by atoms with E-state index in [2.05, 4.69) is 39.8 Å². The third kappa shape index (κ3) is 3.10. The van der Waals surface area contributed by atoms with Gasteiger partial charge in [0.15, 0.2) is 0 Å². The maximum atomic E-state index is 4.47. The van der Waals surface area contributed by atoms with Crippen molar-refractivity contribution < 1.29 is 0 Å². The molecule has 0 radical (unpaired) electrons. The van der Waals surface area contributed by atoms with Crippen molar-refractivity contribution >= 4 is 15.9 Å². The second-order valence-electron chi connectivity index (χ2n) is 5.02. The van der Waals surface area contributed by atoms with Crippen molar-refractivity contribution in [2.75, 3.05) is 6.54 Å². The van der Waals surface area contributed by atoms with E-state index < -0.39 is 0 Å². The van der Waals surface area contributed by atoms with E-state index >= 15 is 0 Å². The van der Waals surface area contributed by atoms with Crippen molar-refractivity contribution in [2.45, 2.75) is 52.1 Å². The second-order valence-corrected chi connectivity index (χ2v) is 5.82. The maximum Gasteiger partial charge on any atom is 0.0739 e. The minimum absolute atomic E-state index is 0.823. The third-order valence-corrected chi connectivity index (χ3v) is 4.51. The van der Waals surface area contributed by atoms with Crippen molar-refractivity contribution in [2.24, 2.45) is 7.05 Å². The molecule has 3 nitrogen and oxygen atoms in total. The lowest BCUT2D eigenvalue weighted by Gasteiger charge is -2.21. The van der Waals surface area contributed by atoms with Crippen LogP contribution in [0, 0.1) is 6.92 Å². The van der Waals surface area contributed by atoms with Crippen LogP contribution in [0.25, 0.3) is 0 Å². The number of unbranched alkanes of at least 4 members (excludes halogenated alkanes) is 1. The second kappa shape index (κ2) is 5.53. The van der Waals surface area contributed by atoms with Gasteiger partial charge in [-0.25, -0.2) is 0 Å². The lowest BCUT2D eigenvalue weighted by atomic mass is 10.2. The van der Waals surface area contributed by atoms with Crippen LogP contribution in [0.3, 0.4) is 0 Å². The first-order chi connectivity index (χ1) is 8.13. The average molecular weight is 300 g/mol. The van der Waals surface area contributed by atoms with E-state index in [-0.39, 0.29) is 0 Å². The third-order valence-electron chi connectivity index (χ3n) is 3.48. The Kier molecular flexibility index (Phi) is 4.26. The van der Waals surface area contributed by atoms with Gasteiger partial charge in [-0.15, -0.1) is 0 Å². The van der Waals surface area contributed by atoms with E-state index in [4.69, 9.17) is 0 Å². The van der Waals surface area contributed by atoms with Gasteiger partial charge in [-0.2, -0.15) is 5.10 Å². The number of aromatic nitrogens is 2. The number of halogens is 1.